The lowest BCUT2D eigenvalue weighted by atomic mass is 9.97. The van der Waals surface area contributed by atoms with Gasteiger partial charge in [0.15, 0.2) is 0 Å². The van der Waals surface area contributed by atoms with Crippen LogP contribution in [0.3, 0.4) is 0 Å². The van der Waals surface area contributed by atoms with Gasteiger partial charge in [0.25, 0.3) is 11.8 Å². The Morgan fingerprint density at radius 1 is 0.929 bits per heavy atom. The number of hydrogen-bond donors (Lipinski definition) is 0. The Hall–Kier alpha value is -2.14. The standard InChI is InChI=1S/C23H30N2O3/c1-16-9-10-19(17(2)15-16)20-21(24-11-13-28-14-12-24)23(27)25(22(20)26)18-7-5-3-4-6-8-18/h9-10,15,18H,3-8,11-14H2,1-2H3. The van der Waals surface area contributed by atoms with Crippen molar-refractivity contribution in [2.75, 3.05) is 26.3 Å². The fourth-order valence-corrected chi connectivity index (χ4v) is 4.80. The van der Waals surface area contributed by atoms with Crippen LogP contribution in [0.5, 0.6) is 0 Å². The number of carbonyl (C=O) groups excluding carboxylic acids is 2. The average Bonchev–Trinajstić information content (AvgIpc) is 2.85. The van der Waals surface area contributed by atoms with Crippen molar-refractivity contribution in [3.8, 4) is 0 Å². The van der Waals surface area contributed by atoms with Gasteiger partial charge in [-0.05, 0) is 37.8 Å². The number of carbonyl (C=O) groups is 2. The highest BCUT2D eigenvalue weighted by Crippen LogP contribution is 2.37. The molecule has 2 heterocycles. The summed E-state index contributed by atoms with van der Waals surface area (Å²) in [7, 11) is 0. The van der Waals surface area contributed by atoms with Crippen LogP contribution in [0.2, 0.25) is 0 Å². The van der Waals surface area contributed by atoms with E-state index >= 15 is 0 Å². The molecule has 1 saturated heterocycles. The molecule has 1 aromatic rings. The van der Waals surface area contributed by atoms with Gasteiger partial charge in [0.2, 0.25) is 0 Å². The molecule has 3 aliphatic rings. The highest BCUT2D eigenvalue weighted by Gasteiger charge is 2.45. The Morgan fingerprint density at radius 2 is 1.61 bits per heavy atom. The molecular formula is C23H30N2O3. The van der Waals surface area contributed by atoms with Crippen LogP contribution in [0.1, 0.15) is 55.2 Å². The van der Waals surface area contributed by atoms with Crippen LogP contribution in [0.25, 0.3) is 5.57 Å². The molecule has 1 saturated carbocycles. The molecule has 2 fully saturated rings. The van der Waals surface area contributed by atoms with Crippen molar-refractivity contribution >= 4 is 17.4 Å². The van der Waals surface area contributed by atoms with Gasteiger partial charge < -0.3 is 9.64 Å². The van der Waals surface area contributed by atoms with E-state index in [4.69, 9.17) is 4.74 Å². The lowest BCUT2D eigenvalue weighted by Gasteiger charge is -2.31. The van der Waals surface area contributed by atoms with E-state index in [0.29, 0.717) is 37.6 Å². The topological polar surface area (TPSA) is 49.9 Å². The van der Waals surface area contributed by atoms with Crippen LogP contribution in [0.15, 0.2) is 23.9 Å². The molecule has 0 bridgehead atoms. The molecule has 28 heavy (non-hydrogen) atoms. The molecule has 0 spiro atoms. The second-order valence-corrected chi connectivity index (χ2v) is 8.27. The number of nitrogens with zero attached hydrogens (tertiary/aromatic N) is 2. The predicted octanol–water partition coefficient (Wildman–Crippen LogP) is 3.44. The summed E-state index contributed by atoms with van der Waals surface area (Å²) in [5.74, 6) is -0.209. The van der Waals surface area contributed by atoms with Crippen molar-refractivity contribution in [1.82, 2.24) is 9.80 Å². The quantitative estimate of drug-likeness (QED) is 0.594. The second kappa shape index (κ2) is 8.08. The molecule has 0 atom stereocenters. The van der Waals surface area contributed by atoms with Crippen LogP contribution < -0.4 is 0 Å². The number of morpholine rings is 1. The van der Waals surface area contributed by atoms with E-state index < -0.39 is 0 Å². The van der Waals surface area contributed by atoms with Crippen molar-refractivity contribution in [1.29, 1.82) is 0 Å². The molecule has 5 nitrogen and oxygen atoms in total. The Bertz CT molecular complexity index is 800. The first-order valence-corrected chi connectivity index (χ1v) is 10.6. The van der Waals surface area contributed by atoms with Crippen LogP contribution in [-0.2, 0) is 14.3 Å². The third kappa shape index (κ3) is 3.48. The summed E-state index contributed by atoms with van der Waals surface area (Å²) in [6.45, 7) is 6.57. The summed E-state index contributed by atoms with van der Waals surface area (Å²) in [5, 5.41) is 0. The van der Waals surface area contributed by atoms with Crippen molar-refractivity contribution in [2.24, 2.45) is 0 Å². The molecule has 2 amide bonds. The Labute approximate surface area is 167 Å². The molecule has 150 valence electrons. The van der Waals surface area contributed by atoms with E-state index in [1.165, 1.54) is 12.8 Å². The zero-order valence-electron chi connectivity index (χ0n) is 17.0. The second-order valence-electron chi connectivity index (χ2n) is 8.27. The minimum Gasteiger partial charge on any atom is -0.378 e. The maximum Gasteiger partial charge on any atom is 0.278 e. The van der Waals surface area contributed by atoms with Crippen molar-refractivity contribution < 1.29 is 14.3 Å². The number of ether oxygens (including phenoxy) is 1. The van der Waals surface area contributed by atoms with Crippen molar-refractivity contribution in [2.45, 2.75) is 58.4 Å². The predicted molar refractivity (Wildman–Crippen MR) is 109 cm³/mol. The van der Waals surface area contributed by atoms with E-state index in [9.17, 15) is 9.59 Å². The summed E-state index contributed by atoms with van der Waals surface area (Å²) in [6.07, 6.45) is 6.42. The van der Waals surface area contributed by atoms with Gasteiger partial charge in [-0.25, -0.2) is 0 Å². The molecule has 2 aliphatic heterocycles. The van der Waals surface area contributed by atoms with Crippen molar-refractivity contribution in [3.05, 3.63) is 40.6 Å². The van der Waals surface area contributed by atoms with Gasteiger partial charge in [0.1, 0.15) is 5.70 Å². The van der Waals surface area contributed by atoms with E-state index in [-0.39, 0.29) is 17.9 Å². The highest BCUT2D eigenvalue weighted by atomic mass is 16.5. The van der Waals surface area contributed by atoms with Crippen LogP contribution in [0, 0.1) is 13.8 Å². The molecule has 0 unspecified atom stereocenters. The zero-order valence-corrected chi connectivity index (χ0v) is 17.0. The maximum absolute atomic E-state index is 13.6. The first-order valence-electron chi connectivity index (χ1n) is 10.6. The van der Waals surface area contributed by atoms with Crippen molar-refractivity contribution in [3.63, 3.8) is 0 Å². The minimum atomic E-state index is -0.106. The lowest BCUT2D eigenvalue weighted by molar-refractivity contribution is -0.140. The Balaban J connectivity index is 1.77. The zero-order chi connectivity index (χ0) is 19.7. The largest absolute Gasteiger partial charge is 0.378 e. The number of rotatable bonds is 3. The lowest BCUT2D eigenvalue weighted by Crippen LogP contribution is -2.44. The fourth-order valence-electron chi connectivity index (χ4n) is 4.80. The molecule has 1 aromatic carbocycles. The average molecular weight is 383 g/mol. The monoisotopic (exact) mass is 382 g/mol. The smallest absolute Gasteiger partial charge is 0.278 e. The maximum atomic E-state index is 13.6. The number of hydrogen-bond acceptors (Lipinski definition) is 4. The Morgan fingerprint density at radius 3 is 2.25 bits per heavy atom. The number of benzene rings is 1. The van der Waals surface area contributed by atoms with Gasteiger partial charge in [-0.2, -0.15) is 0 Å². The third-order valence-electron chi connectivity index (χ3n) is 6.26. The summed E-state index contributed by atoms with van der Waals surface area (Å²) in [4.78, 5) is 30.8. The van der Waals surface area contributed by atoms with Gasteiger partial charge in [-0.3, -0.25) is 14.5 Å². The summed E-state index contributed by atoms with van der Waals surface area (Å²) < 4.78 is 5.49. The molecule has 0 aromatic heterocycles. The molecular weight excluding hydrogens is 352 g/mol. The summed E-state index contributed by atoms with van der Waals surface area (Å²) >= 11 is 0. The normalized spacial score (nSPS) is 22.2. The van der Waals surface area contributed by atoms with Gasteiger partial charge in [0.05, 0.1) is 18.8 Å². The molecule has 5 heteroatoms. The molecule has 4 rings (SSSR count). The number of imide groups is 1. The third-order valence-corrected chi connectivity index (χ3v) is 6.26. The van der Waals surface area contributed by atoms with Crippen LogP contribution in [-0.4, -0.2) is 54.0 Å². The van der Waals surface area contributed by atoms with Gasteiger partial charge in [0, 0.05) is 19.1 Å². The number of aryl methyl sites for hydroxylation is 2. The minimum absolute atomic E-state index is 0.0294. The van der Waals surface area contributed by atoms with E-state index in [0.717, 1.165) is 42.4 Å². The molecule has 1 aliphatic carbocycles. The Kier molecular flexibility index (Phi) is 5.54. The van der Waals surface area contributed by atoms with E-state index in [2.05, 4.69) is 11.0 Å². The molecule has 0 radical (unpaired) electrons. The summed E-state index contributed by atoms with van der Waals surface area (Å²) in [5.41, 5.74) is 4.27. The van der Waals surface area contributed by atoms with Gasteiger partial charge in [-0.15, -0.1) is 0 Å². The fraction of sp³-hybridized carbons (Fsp3) is 0.565. The summed E-state index contributed by atoms with van der Waals surface area (Å²) in [6, 6.07) is 6.15. The van der Waals surface area contributed by atoms with Gasteiger partial charge in [-0.1, -0.05) is 49.4 Å². The first kappa shape index (κ1) is 19.2. The van der Waals surface area contributed by atoms with E-state index in [1.807, 2.05) is 26.0 Å². The van der Waals surface area contributed by atoms with Gasteiger partial charge >= 0.3 is 0 Å². The molecule has 0 N–H and O–H groups in total. The van der Waals surface area contributed by atoms with Crippen LogP contribution in [0.4, 0.5) is 0 Å². The van der Waals surface area contributed by atoms with E-state index in [1.54, 1.807) is 4.90 Å². The highest BCUT2D eigenvalue weighted by molar-refractivity contribution is 6.36. The number of amides is 2. The first-order chi connectivity index (χ1) is 13.6. The SMILES string of the molecule is Cc1ccc(C2=C(N3CCOCC3)C(=O)N(C3CCCCCC3)C2=O)c(C)c1. The van der Waals surface area contributed by atoms with Crippen LogP contribution >= 0.6 is 0 Å².